The summed E-state index contributed by atoms with van der Waals surface area (Å²) in [4.78, 5) is 22.1. The number of rotatable bonds is 15. The number of carbonyl (C=O) groups is 2. The molecule has 0 aliphatic rings. The molecule has 1 unspecified atom stereocenters. The molecule has 0 saturated heterocycles. The van der Waals surface area contributed by atoms with E-state index in [9.17, 15) is 18.0 Å². The van der Waals surface area contributed by atoms with Crippen LogP contribution >= 0.6 is 0 Å². The Balaban J connectivity index is 3.62. The number of esters is 1. The Kier molecular flexibility index (Phi) is 12.5. The van der Waals surface area contributed by atoms with Crippen molar-refractivity contribution in [2.45, 2.75) is 83.3 Å². The third kappa shape index (κ3) is 13.8. The van der Waals surface area contributed by atoms with E-state index in [4.69, 9.17) is 14.4 Å². The van der Waals surface area contributed by atoms with Crippen molar-refractivity contribution in [3.05, 3.63) is 0 Å². The van der Waals surface area contributed by atoms with Crippen LogP contribution in [0.3, 0.4) is 0 Å². The van der Waals surface area contributed by atoms with Gasteiger partial charge in [0.25, 0.3) is 10.1 Å². The van der Waals surface area contributed by atoms with Crippen LogP contribution in [0.4, 0.5) is 0 Å². The van der Waals surface area contributed by atoms with Crippen LogP contribution in [0.15, 0.2) is 0 Å². The normalized spacial score (nSPS) is 13.0. The van der Waals surface area contributed by atoms with Gasteiger partial charge in [-0.1, -0.05) is 65.2 Å². The first-order chi connectivity index (χ1) is 11.6. The van der Waals surface area contributed by atoms with E-state index < -0.39 is 33.7 Å². The molecule has 0 aromatic carbocycles. The van der Waals surface area contributed by atoms with Gasteiger partial charge in [0.15, 0.2) is 5.25 Å². The molecule has 148 valence electrons. The molecule has 0 aromatic rings. The van der Waals surface area contributed by atoms with Crippen molar-refractivity contribution >= 4 is 22.1 Å². The van der Waals surface area contributed by atoms with E-state index in [2.05, 4.69) is 13.8 Å². The fraction of sp³-hybridized carbons (Fsp3) is 0.882. The fourth-order valence-corrected chi connectivity index (χ4v) is 3.03. The molecule has 0 bridgehead atoms. The summed E-state index contributed by atoms with van der Waals surface area (Å²) in [6, 6.07) is 0. The van der Waals surface area contributed by atoms with Crippen molar-refractivity contribution in [2.24, 2.45) is 5.92 Å². The van der Waals surface area contributed by atoms with Crippen molar-refractivity contribution in [2.75, 3.05) is 6.61 Å². The predicted octanol–water partition coefficient (Wildman–Crippen LogP) is 3.43. The van der Waals surface area contributed by atoms with Crippen molar-refractivity contribution in [3.63, 3.8) is 0 Å². The summed E-state index contributed by atoms with van der Waals surface area (Å²) in [5.41, 5.74) is 0. The van der Waals surface area contributed by atoms with E-state index in [0.29, 0.717) is 6.42 Å². The summed E-state index contributed by atoms with van der Waals surface area (Å²) < 4.78 is 35.3. The molecular formula is C17H32O7S. The van der Waals surface area contributed by atoms with Gasteiger partial charge in [-0.25, -0.2) is 0 Å². The third-order valence-corrected chi connectivity index (χ3v) is 5.01. The summed E-state index contributed by atoms with van der Waals surface area (Å²) in [5.74, 6) is -1.94. The Morgan fingerprint density at radius 3 is 1.84 bits per heavy atom. The topological polar surface area (TPSA) is 118 Å². The lowest BCUT2D eigenvalue weighted by atomic mass is 10.0. The highest BCUT2D eigenvalue weighted by molar-refractivity contribution is 7.87. The standard InChI is InChI=1S/C17H32O7S/c1-14(2)11-9-7-5-3-4-6-8-10-12-24-16(18)13-15(17(19)20)25(21,22)23/h14-15H,3-13H2,1-2H3,(H,19,20)(H,21,22,23). The summed E-state index contributed by atoms with van der Waals surface area (Å²) >= 11 is 0. The number of hydrogen-bond acceptors (Lipinski definition) is 5. The van der Waals surface area contributed by atoms with Gasteiger partial charge in [0.1, 0.15) is 0 Å². The zero-order chi connectivity index (χ0) is 19.3. The van der Waals surface area contributed by atoms with Crippen LogP contribution < -0.4 is 0 Å². The second-order valence-corrected chi connectivity index (χ2v) is 8.38. The summed E-state index contributed by atoms with van der Waals surface area (Å²) in [7, 11) is -4.82. The number of aliphatic carboxylic acids is 1. The number of unbranched alkanes of at least 4 members (excludes halogenated alkanes) is 7. The molecule has 7 nitrogen and oxygen atoms in total. The molecule has 0 heterocycles. The summed E-state index contributed by atoms with van der Waals surface area (Å²) in [6.07, 6.45) is 9.14. The number of carbonyl (C=O) groups excluding carboxylic acids is 1. The number of carboxylic acid groups (broad SMARTS) is 1. The van der Waals surface area contributed by atoms with E-state index in [-0.39, 0.29) is 6.61 Å². The molecule has 25 heavy (non-hydrogen) atoms. The number of hydrogen-bond donors (Lipinski definition) is 2. The molecular weight excluding hydrogens is 348 g/mol. The Hall–Kier alpha value is -1.15. The molecule has 0 spiro atoms. The Labute approximate surface area is 150 Å². The summed E-state index contributed by atoms with van der Waals surface area (Å²) in [5, 5.41) is 6.51. The van der Waals surface area contributed by atoms with Crippen LogP contribution in [0.2, 0.25) is 0 Å². The van der Waals surface area contributed by atoms with E-state index in [0.717, 1.165) is 25.2 Å². The molecule has 0 amide bonds. The minimum absolute atomic E-state index is 0.130. The lowest BCUT2D eigenvalue weighted by molar-refractivity contribution is -0.147. The van der Waals surface area contributed by atoms with Crippen LogP contribution in [0.5, 0.6) is 0 Å². The minimum atomic E-state index is -4.82. The fourth-order valence-electron chi connectivity index (χ4n) is 2.43. The Morgan fingerprint density at radius 1 is 0.920 bits per heavy atom. The molecule has 0 saturated carbocycles. The van der Waals surface area contributed by atoms with Gasteiger partial charge in [-0.05, 0) is 12.3 Å². The maximum atomic E-state index is 11.4. The van der Waals surface area contributed by atoms with Crippen molar-refractivity contribution in [3.8, 4) is 0 Å². The molecule has 0 radical (unpaired) electrons. The second-order valence-electron chi connectivity index (χ2n) is 6.78. The van der Waals surface area contributed by atoms with E-state index in [1.807, 2.05) is 0 Å². The largest absolute Gasteiger partial charge is 0.480 e. The SMILES string of the molecule is CC(C)CCCCCCCCCCOC(=O)CC(C(=O)O)S(=O)(=O)O. The van der Waals surface area contributed by atoms with Gasteiger partial charge < -0.3 is 9.84 Å². The van der Waals surface area contributed by atoms with Crippen molar-refractivity contribution in [1.29, 1.82) is 0 Å². The molecule has 0 rings (SSSR count). The average Bonchev–Trinajstić information content (AvgIpc) is 2.48. The molecule has 8 heteroatoms. The highest BCUT2D eigenvalue weighted by Gasteiger charge is 2.33. The lowest BCUT2D eigenvalue weighted by Gasteiger charge is -2.09. The second kappa shape index (κ2) is 13.1. The van der Waals surface area contributed by atoms with Crippen LogP contribution in [-0.4, -0.2) is 41.9 Å². The minimum Gasteiger partial charge on any atom is -0.480 e. The van der Waals surface area contributed by atoms with Crippen molar-refractivity contribution < 1.29 is 32.4 Å². The van der Waals surface area contributed by atoms with Crippen molar-refractivity contribution in [1.82, 2.24) is 0 Å². The smallest absolute Gasteiger partial charge is 0.325 e. The first-order valence-corrected chi connectivity index (χ1v) is 10.5. The molecule has 0 aliphatic carbocycles. The number of carboxylic acids is 1. The summed E-state index contributed by atoms with van der Waals surface area (Å²) in [6.45, 7) is 4.60. The third-order valence-electron chi connectivity index (χ3n) is 3.93. The number of ether oxygens (including phenoxy) is 1. The molecule has 2 N–H and O–H groups in total. The highest BCUT2D eigenvalue weighted by atomic mass is 32.2. The van der Waals surface area contributed by atoms with Crippen LogP contribution in [-0.2, 0) is 24.4 Å². The van der Waals surface area contributed by atoms with Gasteiger partial charge in [0.2, 0.25) is 0 Å². The van der Waals surface area contributed by atoms with Crippen LogP contribution in [0.25, 0.3) is 0 Å². The van der Waals surface area contributed by atoms with Gasteiger partial charge in [-0.2, -0.15) is 8.42 Å². The van der Waals surface area contributed by atoms with Crippen LogP contribution in [0, 0.1) is 5.92 Å². The first kappa shape index (κ1) is 23.9. The van der Waals surface area contributed by atoms with Gasteiger partial charge in [-0.3, -0.25) is 14.1 Å². The molecule has 0 aromatic heterocycles. The van der Waals surface area contributed by atoms with Crippen LogP contribution in [0.1, 0.15) is 78.1 Å². The highest BCUT2D eigenvalue weighted by Crippen LogP contribution is 2.13. The predicted molar refractivity (Wildman–Crippen MR) is 94.9 cm³/mol. The monoisotopic (exact) mass is 380 g/mol. The Morgan fingerprint density at radius 2 is 1.40 bits per heavy atom. The lowest BCUT2D eigenvalue weighted by Crippen LogP contribution is -2.32. The van der Waals surface area contributed by atoms with E-state index in [1.165, 1.54) is 32.1 Å². The average molecular weight is 381 g/mol. The molecule has 0 fully saturated rings. The van der Waals surface area contributed by atoms with Gasteiger partial charge in [0, 0.05) is 0 Å². The quantitative estimate of drug-likeness (QED) is 0.254. The van der Waals surface area contributed by atoms with E-state index in [1.54, 1.807) is 0 Å². The molecule has 0 aliphatic heterocycles. The molecule has 1 atom stereocenters. The first-order valence-electron chi connectivity index (χ1n) is 8.99. The maximum absolute atomic E-state index is 11.4. The maximum Gasteiger partial charge on any atom is 0.325 e. The zero-order valence-corrected chi connectivity index (χ0v) is 16.1. The Bertz CT molecular complexity index is 485. The van der Waals surface area contributed by atoms with Gasteiger partial charge >= 0.3 is 11.9 Å². The van der Waals surface area contributed by atoms with Gasteiger partial charge in [0.05, 0.1) is 13.0 Å². The van der Waals surface area contributed by atoms with Gasteiger partial charge in [-0.15, -0.1) is 0 Å². The van der Waals surface area contributed by atoms with E-state index >= 15 is 0 Å². The zero-order valence-electron chi connectivity index (χ0n) is 15.3.